The van der Waals surface area contributed by atoms with E-state index in [2.05, 4.69) is 4.98 Å². The number of rotatable bonds is 7. The fourth-order valence-corrected chi connectivity index (χ4v) is 7.12. The topological polar surface area (TPSA) is 138 Å². The highest BCUT2D eigenvalue weighted by Gasteiger charge is 2.45. The van der Waals surface area contributed by atoms with Gasteiger partial charge in [-0.15, -0.1) is 0 Å². The van der Waals surface area contributed by atoms with E-state index in [1.54, 1.807) is 6.20 Å². The average Bonchev–Trinajstić information content (AvgIpc) is 2.97. The maximum absolute atomic E-state index is 14.1. The first kappa shape index (κ1) is 29.1. The van der Waals surface area contributed by atoms with Gasteiger partial charge in [-0.3, -0.25) is 9.78 Å². The van der Waals surface area contributed by atoms with Gasteiger partial charge < -0.3 is 10.0 Å². The van der Waals surface area contributed by atoms with E-state index in [-0.39, 0.29) is 36.5 Å². The van der Waals surface area contributed by atoms with E-state index in [1.165, 1.54) is 48.4 Å². The quantitative estimate of drug-likeness (QED) is 0.414. The summed E-state index contributed by atoms with van der Waals surface area (Å²) >= 11 is 0. The molecule has 1 unspecified atom stereocenters. The van der Waals surface area contributed by atoms with Crippen molar-refractivity contribution < 1.29 is 27.1 Å². The Balaban J connectivity index is 1.45. The van der Waals surface area contributed by atoms with Crippen molar-refractivity contribution in [1.29, 1.82) is 10.5 Å². The first-order chi connectivity index (χ1) is 20.1. The number of hydrogen-bond donors (Lipinski definition) is 1. The van der Waals surface area contributed by atoms with Gasteiger partial charge >= 0.3 is 0 Å². The van der Waals surface area contributed by atoms with Crippen LogP contribution in [0.1, 0.15) is 66.8 Å². The van der Waals surface area contributed by atoms with Gasteiger partial charge in [0.25, 0.3) is 0 Å². The van der Waals surface area contributed by atoms with Crippen LogP contribution in [-0.4, -0.2) is 41.3 Å². The van der Waals surface area contributed by atoms with Crippen LogP contribution in [0.2, 0.25) is 0 Å². The Morgan fingerprint density at radius 2 is 1.76 bits per heavy atom. The number of nitrogens with zero attached hydrogens (tertiary/aromatic N) is 5. The summed E-state index contributed by atoms with van der Waals surface area (Å²) in [6, 6.07) is 11.2. The van der Waals surface area contributed by atoms with Gasteiger partial charge in [0, 0.05) is 24.5 Å². The lowest BCUT2D eigenvalue weighted by Gasteiger charge is -2.41. The summed E-state index contributed by atoms with van der Waals surface area (Å²) in [5, 5.41) is 28.7. The molecule has 9 nitrogen and oxygen atoms in total. The number of aromatic hydroxyl groups is 1. The molecule has 1 N–H and O–H groups in total. The molecule has 1 saturated heterocycles. The van der Waals surface area contributed by atoms with Crippen LogP contribution < -0.4 is 4.90 Å². The van der Waals surface area contributed by atoms with E-state index >= 15 is 0 Å². The monoisotopic (exact) mass is 591 g/mol. The number of amides is 1. The molecule has 1 atom stereocenters. The molecule has 2 fully saturated rings. The fourth-order valence-electron chi connectivity index (χ4n) is 5.46. The van der Waals surface area contributed by atoms with Crippen LogP contribution in [0.3, 0.4) is 0 Å². The number of hydrogen-bond acceptors (Lipinski definition) is 7. The third-order valence-electron chi connectivity index (χ3n) is 7.91. The largest absolute Gasteiger partial charge is 0.506 e. The van der Waals surface area contributed by atoms with Crippen LogP contribution in [0.15, 0.2) is 53.6 Å². The van der Waals surface area contributed by atoms with Crippen molar-refractivity contribution in [3.8, 4) is 17.9 Å². The maximum Gasteiger partial charge on any atom is 0.245 e. The van der Waals surface area contributed by atoms with Gasteiger partial charge in [0.1, 0.15) is 23.9 Å². The number of phenolic OH excluding ortho intramolecular Hbond substituents is 1. The molecule has 216 valence electrons. The van der Waals surface area contributed by atoms with Crippen LogP contribution in [0, 0.1) is 34.3 Å². The Morgan fingerprint density at radius 3 is 2.36 bits per heavy atom. The van der Waals surface area contributed by atoms with E-state index in [0.717, 1.165) is 28.8 Å². The summed E-state index contributed by atoms with van der Waals surface area (Å²) in [7, 11) is -4.47. The lowest BCUT2D eigenvalue weighted by Crippen LogP contribution is -2.59. The maximum atomic E-state index is 14.1. The second-order valence-electron chi connectivity index (χ2n) is 10.5. The van der Waals surface area contributed by atoms with E-state index in [0.29, 0.717) is 17.7 Å². The summed E-state index contributed by atoms with van der Waals surface area (Å²) in [4.78, 5) is 19.1. The van der Waals surface area contributed by atoms with Crippen LogP contribution in [0.25, 0.3) is 0 Å². The van der Waals surface area contributed by atoms with Crippen molar-refractivity contribution in [2.45, 2.75) is 61.9 Å². The molecule has 1 saturated carbocycles. The number of halogens is 2. The summed E-state index contributed by atoms with van der Waals surface area (Å²) in [5.74, 6) is -3.50. The van der Waals surface area contributed by atoms with Gasteiger partial charge in [0.2, 0.25) is 15.9 Å². The van der Waals surface area contributed by atoms with Gasteiger partial charge in [0.15, 0.2) is 11.6 Å². The number of benzene rings is 2. The van der Waals surface area contributed by atoms with Crippen LogP contribution in [-0.2, 0) is 21.4 Å². The molecule has 2 heterocycles. The zero-order chi connectivity index (χ0) is 30.0. The first-order valence-corrected chi connectivity index (χ1v) is 15.0. The first-order valence-electron chi connectivity index (χ1n) is 13.5. The third-order valence-corrected chi connectivity index (χ3v) is 9.79. The molecular weight excluding hydrogens is 564 g/mol. The second-order valence-corrected chi connectivity index (χ2v) is 12.3. The van der Waals surface area contributed by atoms with E-state index in [1.807, 2.05) is 18.2 Å². The van der Waals surface area contributed by atoms with Gasteiger partial charge in [-0.05, 0) is 61.1 Å². The number of phenols is 1. The summed E-state index contributed by atoms with van der Waals surface area (Å²) in [6.07, 6.45) is 7.69. The summed E-state index contributed by atoms with van der Waals surface area (Å²) in [5.41, 5.74) is 1.10. The Bertz CT molecular complexity index is 1710. The highest BCUT2D eigenvalue weighted by molar-refractivity contribution is 7.89. The fraction of sp³-hybridized carbons (Fsp3) is 0.333. The van der Waals surface area contributed by atoms with Crippen molar-refractivity contribution >= 4 is 21.6 Å². The van der Waals surface area contributed by atoms with Crippen molar-refractivity contribution in [1.82, 2.24) is 9.29 Å². The summed E-state index contributed by atoms with van der Waals surface area (Å²) < 4.78 is 55.6. The molecule has 0 radical (unpaired) electrons. The lowest BCUT2D eigenvalue weighted by molar-refractivity contribution is -0.125. The molecule has 1 aliphatic carbocycles. The predicted octanol–water partition coefficient (Wildman–Crippen LogP) is 4.85. The van der Waals surface area contributed by atoms with Crippen molar-refractivity contribution in [2.24, 2.45) is 0 Å². The van der Waals surface area contributed by atoms with E-state index in [4.69, 9.17) is 5.26 Å². The predicted molar refractivity (Wildman–Crippen MR) is 147 cm³/mol. The van der Waals surface area contributed by atoms with Crippen molar-refractivity contribution in [2.75, 3.05) is 11.4 Å². The molecule has 12 heteroatoms. The average molecular weight is 592 g/mol. The van der Waals surface area contributed by atoms with Gasteiger partial charge in [-0.25, -0.2) is 17.2 Å². The minimum Gasteiger partial charge on any atom is -0.506 e. The molecule has 0 bridgehead atoms. The lowest BCUT2D eigenvalue weighted by atomic mass is 9.85. The summed E-state index contributed by atoms with van der Waals surface area (Å²) in [6.45, 7) is -0.107. The van der Waals surface area contributed by atoms with Gasteiger partial charge in [-0.2, -0.15) is 14.8 Å². The van der Waals surface area contributed by atoms with Gasteiger partial charge in [-0.1, -0.05) is 25.3 Å². The zero-order valence-electron chi connectivity index (χ0n) is 22.5. The number of nitriles is 2. The number of carbonyl (C=O) groups excluding carboxylic acids is 1. The second kappa shape index (κ2) is 11.8. The molecule has 1 amide bonds. The molecule has 0 spiro atoms. The standard InChI is InChI=1S/C30H27F2N5O4S/c31-26-14-25(12-22(16-34)29(26)32)42(40,41)37-11-10-27(37)30(39)36(24-9-7-20(15-33)28(38)13-24)18-23-8-6-21(17-35-23)19-4-2-1-3-5-19/h6-9,12-14,17,19,27,38H,1-5,10-11,18H2. The zero-order valence-corrected chi connectivity index (χ0v) is 23.3. The third kappa shape index (κ3) is 5.56. The Labute approximate surface area is 242 Å². The minimum atomic E-state index is -4.47. The number of sulfonamides is 1. The van der Waals surface area contributed by atoms with E-state index in [9.17, 15) is 32.4 Å². The molecule has 5 rings (SSSR count). The molecule has 2 aliphatic rings. The minimum absolute atomic E-state index is 0.000547. The number of anilines is 1. The Kier molecular flexibility index (Phi) is 8.21. The highest BCUT2D eigenvalue weighted by Crippen LogP contribution is 2.34. The molecule has 1 aliphatic heterocycles. The van der Waals surface area contributed by atoms with Crippen LogP contribution in [0.5, 0.6) is 5.75 Å². The Morgan fingerprint density at radius 1 is 1.02 bits per heavy atom. The normalized spacial score (nSPS) is 17.6. The molecule has 1 aromatic heterocycles. The van der Waals surface area contributed by atoms with Crippen molar-refractivity contribution in [3.63, 3.8) is 0 Å². The van der Waals surface area contributed by atoms with E-state index < -0.39 is 44.1 Å². The van der Waals surface area contributed by atoms with Crippen molar-refractivity contribution in [3.05, 3.63) is 82.7 Å². The highest BCUT2D eigenvalue weighted by atomic mass is 32.2. The molecular formula is C30H27F2N5O4S. The van der Waals surface area contributed by atoms with Crippen LogP contribution >= 0.6 is 0 Å². The number of carbonyl (C=O) groups is 1. The Hall–Kier alpha value is -4.39. The smallest absolute Gasteiger partial charge is 0.245 e. The van der Waals surface area contributed by atoms with Gasteiger partial charge in [0.05, 0.1) is 28.3 Å². The molecule has 3 aromatic rings. The SMILES string of the molecule is N#Cc1ccc(N(Cc2ccc(C3CCCCC3)cn2)C(=O)C2CCN2S(=O)(=O)c2cc(F)c(F)c(C#N)c2)cc1O. The number of aromatic nitrogens is 1. The number of pyridine rings is 1. The molecule has 2 aromatic carbocycles. The van der Waals surface area contributed by atoms with Crippen LogP contribution in [0.4, 0.5) is 14.5 Å². The molecule has 42 heavy (non-hydrogen) atoms.